The Morgan fingerprint density at radius 3 is 2.56 bits per heavy atom. The van der Waals surface area contributed by atoms with Gasteiger partial charge in [0, 0.05) is 12.1 Å². The molecule has 0 radical (unpaired) electrons. The van der Waals surface area contributed by atoms with Crippen LogP contribution < -0.4 is 11.1 Å². The molecule has 1 fully saturated rings. The van der Waals surface area contributed by atoms with Crippen LogP contribution in [-0.2, 0) is 0 Å². The Labute approximate surface area is 97.4 Å². The highest BCUT2D eigenvalue weighted by Crippen LogP contribution is 2.22. The van der Waals surface area contributed by atoms with E-state index >= 15 is 0 Å². The molecule has 0 bridgehead atoms. The number of furan rings is 1. The molecule has 1 aromatic rings. The Kier molecular flexibility index (Phi) is 3.66. The van der Waals surface area contributed by atoms with Crippen LogP contribution in [0.2, 0.25) is 0 Å². The summed E-state index contributed by atoms with van der Waals surface area (Å²) >= 11 is 0. The van der Waals surface area contributed by atoms with E-state index in [4.69, 9.17) is 10.2 Å². The third-order valence-electron chi connectivity index (χ3n) is 3.45. The minimum atomic E-state index is 0.299. The summed E-state index contributed by atoms with van der Waals surface area (Å²) in [5, 5.41) is 3.62. The van der Waals surface area contributed by atoms with E-state index in [1.807, 2.05) is 13.0 Å². The van der Waals surface area contributed by atoms with Crippen LogP contribution in [0, 0.1) is 6.92 Å². The van der Waals surface area contributed by atoms with Gasteiger partial charge < -0.3 is 15.5 Å². The van der Waals surface area contributed by atoms with E-state index in [1.54, 1.807) is 0 Å². The summed E-state index contributed by atoms with van der Waals surface area (Å²) in [4.78, 5) is 0. The number of hydrogen-bond donors (Lipinski definition) is 2. The van der Waals surface area contributed by atoms with Crippen molar-refractivity contribution in [1.29, 1.82) is 0 Å². The zero-order valence-electron chi connectivity index (χ0n) is 10.2. The quantitative estimate of drug-likeness (QED) is 0.826. The lowest BCUT2D eigenvalue weighted by molar-refractivity contribution is 0.303. The minimum absolute atomic E-state index is 0.299. The molecule has 1 aromatic heterocycles. The summed E-state index contributed by atoms with van der Waals surface area (Å²) in [7, 11) is 0. The predicted molar refractivity (Wildman–Crippen MR) is 65.2 cm³/mol. The molecule has 3 nitrogen and oxygen atoms in total. The first kappa shape index (κ1) is 11.7. The number of hydrogen-bond acceptors (Lipinski definition) is 3. The van der Waals surface area contributed by atoms with Crippen molar-refractivity contribution in [2.75, 3.05) is 0 Å². The van der Waals surface area contributed by atoms with Gasteiger partial charge in [-0.3, -0.25) is 0 Å². The van der Waals surface area contributed by atoms with Crippen molar-refractivity contribution in [3.63, 3.8) is 0 Å². The van der Waals surface area contributed by atoms with Gasteiger partial charge in [0.25, 0.3) is 0 Å². The fourth-order valence-electron chi connectivity index (χ4n) is 2.41. The average molecular weight is 222 g/mol. The second-order valence-electron chi connectivity index (χ2n) is 4.95. The summed E-state index contributed by atoms with van der Waals surface area (Å²) in [5.74, 6) is 2.02. The first-order valence-corrected chi connectivity index (χ1v) is 6.23. The van der Waals surface area contributed by atoms with Crippen molar-refractivity contribution >= 4 is 0 Å². The standard InChI is InChI=1S/C13H22N2O/c1-9-3-8-13(16-9)10(2)15-12-6-4-11(14)5-7-12/h3,8,10-12,15H,4-7,14H2,1-2H3. The largest absolute Gasteiger partial charge is 0.465 e. The first-order chi connectivity index (χ1) is 7.65. The highest BCUT2D eigenvalue weighted by Gasteiger charge is 2.21. The second-order valence-corrected chi connectivity index (χ2v) is 4.95. The molecular weight excluding hydrogens is 200 g/mol. The smallest absolute Gasteiger partial charge is 0.120 e. The molecule has 3 N–H and O–H groups in total. The maximum Gasteiger partial charge on any atom is 0.120 e. The molecular formula is C13H22N2O. The van der Waals surface area contributed by atoms with Crippen LogP contribution in [0.25, 0.3) is 0 Å². The summed E-state index contributed by atoms with van der Waals surface area (Å²) in [6.45, 7) is 4.14. The van der Waals surface area contributed by atoms with Crippen molar-refractivity contribution in [1.82, 2.24) is 5.32 Å². The van der Waals surface area contributed by atoms with E-state index in [1.165, 1.54) is 12.8 Å². The molecule has 0 aliphatic heterocycles. The molecule has 1 aliphatic rings. The molecule has 0 amide bonds. The Balaban J connectivity index is 1.85. The van der Waals surface area contributed by atoms with Crippen LogP contribution in [0.5, 0.6) is 0 Å². The van der Waals surface area contributed by atoms with Crippen LogP contribution in [-0.4, -0.2) is 12.1 Å². The average Bonchev–Trinajstić information content (AvgIpc) is 2.68. The molecule has 3 heteroatoms. The van der Waals surface area contributed by atoms with Crippen molar-refractivity contribution in [2.45, 2.75) is 57.7 Å². The number of nitrogens with one attached hydrogen (secondary N) is 1. The Bertz CT molecular complexity index is 326. The van der Waals surface area contributed by atoms with Crippen molar-refractivity contribution < 1.29 is 4.42 Å². The maximum absolute atomic E-state index is 5.90. The maximum atomic E-state index is 5.90. The van der Waals surface area contributed by atoms with Gasteiger partial charge in [0.2, 0.25) is 0 Å². The van der Waals surface area contributed by atoms with Gasteiger partial charge in [-0.15, -0.1) is 0 Å². The van der Waals surface area contributed by atoms with Crippen LogP contribution in [0.4, 0.5) is 0 Å². The molecule has 90 valence electrons. The fraction of sp³-hybridized carbons (Fsp3) is 0.692. The number of aryl methyl sites for hydroxylation is 1. The van der Waals surface area contributed by atoms with Gasteiger partial charge in [-0.1, -0.05) is 0 Å². The molecule has 1 unspecified atom stereocenters. The zero-order chi connectivity index (χ0) is 11.5. The molecule has 0 saturated heterocycles. The molecule has 1 saturated carbocycles. The molecule has 1 aliphatic carbocycles. The van der Waals surface area contributed by atoms with Gasteiger partial charge in [0.1, 0.15) is 11.5 Å². The Morgan fingerprint density at radius 1 is 1.31 bits per heavy atom. The topological polar surface area (TPSA) is 51.2 Å². The molecule has 0 aromatic carbocycles. The monoisotopic (exact) mass is 222 g/mol. The molecule has 1 atom stereocenters. The zero-order valence-corrected chi connectivity index (χ0v) is 10.2. The lowest BCUT2D eigenvalue weighted by Crippen LogP contribution is -2.38. The predicted octanol–water partition coefficient (Wildman–Crippen LogP) is 2.51. The van der Waals surface area contributed by atoms with Crippen LogP contribution in [0.15, 0.2) is 16.5 Å². The van der Waals surface area contributed by atoms with Gasteiger partial charge in [-0.2, -0.15) is 0 Å². The summed E-state index contributed by atoms with van der Waals surface area (Å²) < 4.78 is 5.62. The van der Waals surface area contributed by atoms with Gasteiger partial charge in [-0.05, 0) is 51.7 Å². The van der Waals surface area contributed by atoms with E-state index in [2.05, 4.69) is 18.3 Å². The van der Waals surface area contributed by atoms with E-state index in [0.29, 0.717) is 18.1 Å². The van der Waals surface area contributed by atoms with E-state index in [0.717, 1.165) is 24.4 Å². The van der Waals surface area contributed by atoms with Crippen LogP contribution in [0.3, 0.4) is 0 Å². The highest BCUT2D eigenvalue weighted by atomic mass is 16.3. The minimum Gasteiger partial charge on any atom is -0.465 e. The van der Waals surface area contributed by atoms with Crippen molar-refractivity contribution in [2.24, 2.45) is 5.73 Å². The van der Waals surface area contributed by atoms with Crippen molar-refractivity contribution in [3.8, 4) is 0 Å². The first-order valence-electron chi connectivity index (χ1n) is 6.23. The molecule has 16 heavy (non-hydrogen) atoms. The summed E-state index contributed by atoms with van der Waals surface area (Å²) in [5.41, 5.74) is 5.90. The molecule has 0 spiro atoms. The number of rotatable bonds is 3. The Hall–Kier alpha value is -0.800. The lowest BCUT2D eigenvalue weighted by Gasteiger charge is -2.29. The van der Waals surface area contributed by atoms with Gasteiger partial charge >= 0.3 is 0 Å². The molecule has 1 heterocycles. The number of nitrogens with two attached hydrogens (primary N) is 1. The van der Waals surface area contributed by atoms with E-state index in [9.17, 15) is 0 Å². The van der Waals surface area contributed by atoms with Gasteiger partial charge in [0.05, 0.1) is 6.04 Å². The SMILES string of the molecule is Cc1ccc(C(C)NC2CCC(N)CC2)o1. The van der Waals surface area contributed by atoms with E-state index in [-0.39, 0.29) is 0 Å². The second kappa shape index (κ2) is 5.02. The third-order valence-corrected chi connectivity index (χ3v) is 3.45. The van der Waals surface area contributed by atoms with Crippen molar-refractivity contribution in [3.05, 3.63) is 23.7 Å². The summed E-state index contributed by atoms with van der Waals surface area (Å²) in [6.07, 6.45) is 4.65. The third kappa shape index (κ3) is 2.86. The normalized spacial score (nSPS) is 27.9. The van der Waals surface area contributed by atoms with Gasteiger partial charge in [0.15, 0.2) is 0 Å². The Morgan fingerprint density at radius 2 is 2.00 bits per heavy atom. The fourth-order valence-corrected chi connectivity index (χ4v) is 2.41. The lowest BCUT2D eigenvalue weighted by atomic mass is 9.91. The summed E-state index contributed by atoms with van der Waals surface area (Å²) in [6, 6.07) is 5.39. The van der Waals surface area contributed by atoms with Crippen LogP contribution in [0.1, 0.15) is 50.2 Å². The highest BCUT2D eigenvalue weighted by molar-refractivity contribution is 5.09. The molecule has 2 rings (SSSR count). The van der Waals surface area contributed by atoms with E-state index < -0.39 is 0 Å². The van der Waals surface area contributed by atoms with Crippen LogP contribution >= 0.6 is 0 Å². The van der Waals surface area contributed by atoms with Gasteiger partial charge in [-0.25, -0.2) is 0 Å².